The molecule has 0 saturated heterocycles. The fraction of sp³-hybridized carbons (Fsp3) is 0.400. The van der Waals surface area contributed by atoms with E-state index in [9.17, 15) is 30.7 Å². The molecular formula is C20H17F7O. The number of rotatable bonds is 4. The third kappa shape index (κ3) is 3.95. The number of alkyl halides is 2. The van der Waals surface area contributed by atoms with Gasteiger partial charge in [-0.15, -0.1) is 0 Å². The van der Waals surface area contributed by atoms with Gasteiger partial charge in [-0.25, -0.2) is 17.6 Å². The molecular weight excluding hydrogens is 389 g/mol. The second kappa shape index (κ2) is 7.64. The lowest BCUT2D eigenvalue weighted by atomic mass is 9.82. The van der Waals surface area contributed by atoms with Crippen LogP contribution in [0.5, 0.6) is 5.75 Å². The Morgan fingerprint density at radius 2 is 1.39 bits per heavy atom. The predicted molar refractivity (Wildman–Crippen MR) is 88.4 cm³/mol. The topological polar surface area (TPSA) is 9.23 Å². The van der Waals surface area contributed by atoms with E-state index in [4.69, 9.17) is 0 Å². The van der Waals surface area contributed by atoms with Crippen LogP contribution in [0.25, 0.3) is 11.1 Å². The number of hydrogen-bond acceptors (Lipinski definition) is 1. The van der Waals surface area contributed by atoms with Gasteiger partial charge in [0, 0.05) is 5.56 Å². The van der Waals surface area contributed by atoms with Crippen LogP contribution in [0.4, 0.5) is 30.7 Å². The van der Waals surface area contributed by atoms with Crippen molar-refractivity contribution in [3.8, 4) is 16.9 Å². The van der Waals surface area contributed by atoms with Crippen molar-refractivity contribution < 1.29 is 35.5 Å². The first-order valence-electron chi connectivity index (χ1n) is 8.80. The molecule has 0 amide bonds. The third-order valence-corrected chi connectivity index (χ3v) is 5.08. The van der Waals surface area contributed by atoms with Gasteiger partial charge in [-0.2, -0.15) is 13.2 Å². The van der Waals surface area contributed by atoms with Gasteiger partial charge in [-0.3, -0.25) is 0 Å². The molecule has 1 fully saturated rings. The monoisotopic (exact) mass is 406 g/mol. The highest BCUT2D eigenvalue weighted by Gasteiger charge is 2.44. The first-order chi connectivity index (χ1) is 13.1. The maximum atomic E-state index is 14.4. The quantitative estimate of drug-likeness (QED) is 0.399. The number of ether oxygens (including phenoxy) is 1. The van der Waals surface area contributed by atoms with Crippen LogP contribution >= 0.6 is 0 Å². The van der Waals surface area contributed by atoms with Crippen LogP contribution in [0.15, 0.2) is 24.3 Å². The maximum Gasteiger partial charge on any atom is 0.400 e. The molecule has 0 unspecified atom stereocenters. The minimum absolute atomic E-state index is 0.199. The lowest BCUT2D eigenvalue weighted by molar-refractivity contribution is -0.224. The van der Waals surface area contributed by atoms with Crippen molar-refractivity contribution >= 4 is 0 Å². The van der Waals surface area contributed by atoms with E-state index in [1.165, 1.54) is 0 Å². The van der Waals surface area contributed by atoms with Gasteiger partial charge in [0.2, 0.25) is 5.82 Å². The maximum absolute atomic E-state index is 14.4. The van der Waals surface area contributed by atoms with Gasteiger partial charge in [0.05, 0.1) is 5.92 Å². The largest absolute Gasteiger partial charge is 0.429 e. The minimum Gasteiger partial charge on any atom is -0.429 e. The molecule has 0 heterocycles. The summed E-state index contributed by atoms with van der Waals surface area (Å²) in [6, 6.07) is 2.56. The number of benzene rings is 2. The molecule has 0 spiro atoms. The molecule has 28 heavy (non-hydrogen) atoms. The van der Waals surface area contributed by atoms with Crippen LogP contribution in [-0.2, 0) is 0 Å². The molecule has 1 saturated carbocycles. The third-order valence-electron chi connectivity index (χ3n) is 5.08. The van der Waals surface area contributed by atoms with E-state index in [2.05, 4.69) is 4.74 Å². The normalized spacial score (nSPS) is 20.3. The van der Waals surface area contributed by atoms with Gasteiger partial charge in [0.15, 0.2) is 29.0 Å². The zero-order valence-corrected chi connectivity index (χ0v) is 14.8. The fourth-order valence-electron chi connectivity index (χ4n) is 3.37. The first kappa shape index (κ1) is 20.5. The molecule has 1 aliphatic carbocycles. The Hall–Kier alpha value is -2.25. The van der Waals surface area contributed by atoms with Crippen LogP contribution < -0.4 is 4.74 Å². The summed E-state index contributed by atoms with van der Waals surface area (Å²) in [7, 11) is 0. The smallest absolute Gasteiger partial charge is 0.400 e. The highest BCUT2D eigenvalue weighted by atomic mass is 19.3. The molecule has 1 aliphatic rings. The van der Waals surface area contributed by atoms with E-state index in [1.54, 1.807) is 0 Å². The van der Waals surface area contributed by atoms with Gasteiger partial charge in [0.25, 0.3) is 0 Å². The first-order valence-corrected chi connectivity index (χ1v) is 8.80. The van der Waals surface area contributed by atoms with Crippen molar-refractivity contribution in [2.45, 2.75) is 38.7 Å². The summed E-state index contributed by atoms with van der Waals surface area (Å²) in [5, 5.41) is 0. The summed E-state index contributed by atoms with van der Waals surface area (Å²) < 4.78 is 102. The molecule has 2 aromatic carbocycles. The zero-order valence-electron chi connectivity index (χ0n) is 14.8. The number of halogens is 7. The van der Waals surface area contributed by atoms with E-state index in [1.807, 2.05) is 6.92 Å². The van der Waals surface area contributed by atoms with Crippen molar-refractivity contribution in [2.75, 3.05) is 0 Å². The molecule has 1 nitrogen and oxygen atoms in total. The van der Waals surface area contributed by atoms with Crippen molar-refractivity contribution in [2.24, 2.45) is 11.8 Å². The summed E-state index contributed by atoms with van der Waals surface area (Å²) in [5.41, 5.74) is -1.09. The van der Waals surface area contributed by atoms with Gasteiger partial charge < -0.3 is 4.74 Å². The lowest BCUT2D eigenvalue weighted by Crippen LogP contribution is -2.37. The van der Waals surface area contributed by atoms with E-state index in [-0.39, 0.29) is 12.8 Å². The van der Waals surface area contributed by atoms with Gasteiger partial charge in [-0.1, -0.05) is 19.8 Å². The van der Waals surface area contributed by atoms with E-state index < -0.39 is 58.0 Å². The van der Waals surface area contributed by atoms with Crippen molar-refractivity contribution in [1.82, 2.24) is 0 Å². The molecule has 0 aromatic heterocycles. The Morgan fingerprint density at radius 3 is 1.96 bits per heavy atom. The van der Waals surface area contributed by atoms with Crippen LogP contribution in [0.3, 0.4) is 0 Å². The van der Waals surface area contributed by atoms with Gasteiger partial charge in [-0.05, 0) is 48.6 Å². The Morgan fingerprint density at radius 1 is 0.821 bits per heavy atom. The molecule has 0 aliphatic heterocycles. The molecule has 0 N–H and O–H groups in total. The van der Waals surface area contributed by atoms with Crippen LogP contribution in [0.2, 0.25) is 0 Å². The van der Waals surface area contributed by atoms with E-state index >= 15 is 0 Å². The molecule has 8 heteroatoms. The molecule has 0 radical (unpaired) electrons. The van der Waals surface area contributed by atoms with E-state index in [0.717, 1.165) is 12.1 Å². The minimum atomic E-state index is -3.69. The molecule has 3 rings (SSSR count). The van der Waals surface area contributed by atoms with Crippen molar-refractivity contribution in [1.29, 1.82) is 0 Å². The Balaban J connectivity index is 1.88. The standard InChI is InChI=1S/C20H17F7O/c1-10-2-4-12(5-3-10)20(26,27)28-16-7-6-13(17(23)19(16)25)11-8-14(21)18(24)15(22)9-11/h6-10,12H,2-5H2,1H3. The predicted octanol–water partition coefficient (Wildman–Crippen LogP) is 6.85. The zero-order chi connectivity index (χ0) is 20.6. The van der Waals surface area contributed by atoms with Crippen LogP contribution in [0, 0.1) is 40.9 Å². The summed E-state index contributed by atoms with van der Waals surface area (Å²) in [5.74, 6) is -10.1. The average Bonchev–Trinajstić information content (AvgIpc) is 2.63. The second-order valence-corrected chi connectivity index (χ2v) is 7.11. The average molecular weight is 406 g/mol. The highest BCUT2D eigenvalue weighted by molar-refractivity contribution is 5.65. The lowest BCUT2D eigenvalue weighted by Gasteiger charge is -2.32. The van der Waals surface area contributed by atoms with Crippen molar-refractivity contribution in [3.63, 3.8) is 0 Å². The highest BCUT2D eigenvalue weighted by Crippen LogP contribution is 2.41. The fourth-order valence-corrected chi connectivity index (χ4v) is 3.37. The summed E-state index contributed by atoms with van der Waals surface area (Å²) in [4.78, 5) is 0. The van der Waals surface area contributed by atoms with Crippen LogP contribution in [-0.4, -0.2) is 6.11 Å². The van der Waals surface area contributed by atoms with E-state index in [0.29, 0.717) is 30.9 Å². The Labute approximate surface area is 157 Å². The summed E-state index contributed by atoms with van der Waals surface area (Å²) >= 11 is 0. The number of hydrogen-bond donors (Lipinski definition) is 0. The molecule has 0 bridgehead atoms. The van der Waals surface area contributed by atoms with Gasteiger partial charge >= 0.3 is 6.11 Å². The summed E-state index contributed by atoms with van der Waals surface area (Å²) in [6.07, 6.45) is -2.12. The second-order valence-electron chi connectivity index (χ2n) is 7.11. The molecule has 152 valence electrons. The van der Waals surface area contributed by atoms with Crippen molar-refractivity contribution in [3.05, 3.63) is 53.4 Å². The molecule has 2 aromatic rings. The Bertz CT molecular complexity index is 850. The van der Waals surface area contributed by atoms with Crippen LogP contribution in [0.1, 0.15) is 32.6 Å². The summed E-state index contributed by atoms with van der Waals surface area (Å²) in [6.45, 7) is 1.95. The van der Waals surface area contributed by atoms with Gasteiger partial charge in [0.1, 0.15) is 0 Å². The Kier molecular flexibility index (Phi) is 5.59. The molecule has 0 atom stereocenters. The SMILES string of the molecule is CC1CCC(C(F)(F)Oc2ccc(-c3cc(F)c(F)c(F)c3)c(F)c2F)CC1.